The van der Waals surface area contributed by atoms with Crippen LogP contribution < -0.4 is 0 Å². The lowest BCUT2D eigenvalue weighted by Gasteiger charge is -2.43. The predicted octanol–water partition coefficient (Wildman–Crippen LogP) is 0.398. The molecule has 6 heteroatoms. The Morgan fingerprint density at radius 3 is 2.75 bits per heavy atom. The van der Waals surface area contributed by atoms with Gasteiger partial charge in [0.2, 0.25) is 11.8 Å². The van der Waals surface area contributed by atoms with E-state index in [1.54, 1.807) is 9.80 Å². The third-order valence-electron chi connectivity index (χ3n) is 5.03. The molecule has 1 aromatic rings. The number of piperidine rings is 1. The fourth-order valence-electron chi connectivity index (χ4n) is 3.57. The molecule has 2 amide bonds. The zero-order valence-electron chi connectivity index (χ0n) is 13.8. The van der Waals surface area contributed by atoms with Gasteiger partial charge < -0.3 is 19.6 Å². The number of nitrogens with zero attached hydrogens (tertiary/aromatic N) is 2. The molecule has 1 atom stereocenters. The molecule has 0 spiro atoms. The maximum Gasteiger partial charge on any atom is 0.249 e. The van der Waals surface area contributed by atoms with E-state index in [-0.39, 0.29) is 31.6 Å². The molecule has 24 heavy (non-hydrogen) atoms. The number of ether oxygens (including phenoxy) is 1. The molecule has 0 bridgehead atoms. The van der Waals surface area contributed by atoms with Gasteiger partial charge in [-0.25, -0.2) is 0 Å². The monoisotopic (exact) mass is 332 g/mol. The Labute approximate surface area is 142 Å². The van der Waals surface area contributed by atoms with Gasteiger partial charge in [-0.05, 0) is 18.4 Å². The van der Waals surface area contributed by atoms with Crippen LogP contribution in [-0.4, -0.2) is 72.7 Å². The summed E-state index contributed by atoms with van der Waals surface area (Å²) in [4.78, 5) is 27.8. The molecule has 0 radical (unpaired) electrons. The molecule has 0 aliphatic carbocycles. The highest BCUT2D eigenvalue weighted by atomic mass is 16.5. The fraction of sp³-hybridized carbons (Fsp3) is 0.556. The van der Waals surface area contributed by atoms with Gasteiger partial charge in [0.25, 0.3) is 0 Å². The second kappa shape index (κ2) is 7.32. The van der Waals surface area contributed by atoms with Crippen LogP contribution in [0.25, 0.3) is 0 Å². The van der Waals surface area contributed by atoms with Crippen molar-refractivity contribution in [2.24, 2.45) is 0 Å². The summed E-state index contributed by atoms with van der Waals surface area (Å²) in [5.74, 6) is -0.193. The van der Waals surface area contributed by atoms with Crippen molar-refractivity contribution >= 4 is 11.8 Å². The van der Waals surface area contributed by atoms with Crippen LogP contribution in [0.1, 0.15) is 18.4 Å². The summed E-state index contributed by atoms with van der Waals surface area (Å²) in [7, 11) is 0. The van der Waals surface area contributed by atoms with Crippen LogP contribution >= 0.6 is 0 Å². The van der Waals surface area contributed by atoms with Crippen LogP contribution in [0.15, 0.2) is 30.3 Å². The number of likely N-dealkylation sites (tertiary alicyclic amines) is 1. The molecule has 0 saturated carbocycles. The maximum atomic E-state index is 12.7. The van der Waals surface area contributed by atoms with Crippen molar-refractivity contribution in [2.45, 2.75) is 18.3 Å². The molecule has 2 saturated heterocycles. The van der Waals surface area contributed by atoms with Gasteiger partial charge in [0.15, 0.2) is 0 Å². The third-order valence-corrected chi connectivity index (χ3v) is 5.03. The smallest absolute Gasteiger partial charge is 0.249 e. The summed E-state index contributed by atoms with van der Waals surface area (Å²) in [6.45, 7) is 2.26. The minimum Gasteiger partial charge on any atom is -0.395 e. The molecule has 2 heterocycles. The molecule has 1 N–H and O–H groups in total. The number of aliphatic hydroxyl groups excluding tert-OH is 1. The summed E-state index contributed by atoms with van der Waals surface area (Å²) in [5.41, 5.74) is 0.650. The Bertz CT molecular complexity index is 592. The summed E-state index contributed by atoms with van der Waals surface area (Å²) >= 11 is 0. The van der Waals surface area contributed by atoms with E-state index >= 15 is 0 Å². The number of benzene rings is 1. The van der Waals surface area contributed by atoms with E-state index in [2.05, 4.69) is 0 Å². The topological polar surface area (TPSA) is 70.1 Å². The molecule has 6 nitrogen and oxygen atoms in total. The molecule has 1 aromatic carbocycles. The average Bonchev–Trinajstić information content (AvgIpc) is 2.64. The number of rotatable bonds is 4. The lowest BCUT2D eigenvalue weighted by Crippen LogP contribution is -2.54. The molecule has 0 aromatic heterocycles. The first-order chi connectivity index (χ1) is 11.6. The van der Waals surface area contributed by atoms with Crippen LogP contribution in [0, 0.1) is 0 Å². The first kappa shape index (κ1) is 16.9. The third kappa shape index (κ3) is 3.44. The van der Waals surface area contributed by atoms with Crippen LogP contribution in [-0.2, 0) is 19.7 Å². The van der Waals surface area contributed by atoms with Gasteiger partial charge in [-0.15, -0.1) is 0 Å². The van der Waals surface area contributed by atoms with Crippen molar-refractivity contribution < 1.29 is 19.4 Å². The average molecular weight is 332 g/mol. The number of aliphatic hydroxyl groups is 1. The van der Waals surface area contributed by atoms with Crippen molar-refractivity contribution in [1.29, 1.82) is 0 Å². The predicted molar refractivity (Wildman–Crippen MR) is 88.4 cm³/mol. The van der Waals surface area contributed by atoms with Crippen LogP contribution in [0.4, 0.5) is 0 Å². The minimum atomic E-state index is -0.413. The van der Waals surface area contributed by atoms with Gasteiger partial charge in [-0.3, -0.25) is 9.59 Å². The standard InChI is InChI=1S/C18H24N2O4/c21-14-18(15-5-2-1-3-6-15)7-4-8-20(13-18)16(22)11-19-9-10-24-12-17(19)23/h1-3,5-6,21H,4,7-14H2. The zero-order valence-corrected chi connectivity index (χ0v) is 13.8. The highest BCUT2D eigenvalue weighted by Crippen LogP contribution is 2.33. The number of hydrogen-bond donors (Lipinski definition) is 1. The molecular weight excluding hydrogens is 308 g/mol. The first-order valence-corrected chi connectivity index (χ1v) is 8.44. The first-order valence-electron chi connectivity index (χ1n) is 8.44. The van der Waals surface area contributed by atoms with Crippen LogP contribution in [0.2, 0.25) is 0 Å². The van der Waals surface area contributed by atoms with E-state index in [9.17, 15) is 14.7 Å². The maximum absolute atomic E-state index is 12.7. The Kier molecular flexibility index (Phi) is 5.16. The van der Waals surface area contributed by atoms with E-state index in [0.717, 1.165) is 18.4 Å². The van der Waals surface area contributed by atoms with Crippen LogP contribution in [0.3, 0.4) is 0 Å². The molecule has 2 aliphatic heterocycles. The highest BCUT2D eigenvalue weighted by molar-refractivity contribution is 5.85. The lowest BCUT2D eigenvalue weighted by atomic mass is 9.74. The molecular formula is C18H24N2O4. The van der Waals surface area contributed by atoms with Gasteiger partial charge in [0.05, 0.1) is 19.8 Å². The second-order valence-corrected chi connectivity index (χ2v) is 6.59. The molecule has 1 unspecified atom stereocenters. The quantitative estimate of drug-likeness (QED) is 0.866. The molecule has 130 valence electrons. The van der Waals surface area contributed by atoms with Gasteiger partial charge >= 0.3 is 0 Å². The largest absolute Gasteiger partial charge is 0.395 e. The highest BCUT2D eigenvalue weighted by Gasteiger charge is 2.38. The molecule has 2 fully saturated rings. The van der Waals surface area contributed by atoms with Crippen molar-refractivity contribution in [3.63, 3.8) is 0 Å². The number of hydrogen-bond acceptors (Lipinski definition) is 4. The van der Waals surface area contributed by atoms with Gasteiger partial charge in [-0.2, -0.15) is 0 Å². The Hall–Kier alpha value is -1.92. The number of carbonyl (C=O) groups excluding carboxylic acids is 2. The summed E-state index contributed by atoms with van der Waals surface area (Å²) in [6, 6.07) is 9.88. The fourth-order valence-corrected chi connectivity index (χ4v) is 3.57. The summed E-state index contributed by atoms with van der Waals surface area (Å²) in [6.07, 6.45) is 1.70. The Morgan fingerprint density at radius 1 is 1.25 bits per heavy atom. The van der Waals surface area contributed by atoms with Crippen molar-refractivity contribution in [3.8, 4) is 0 Å². The van der Waals surface area contributed by atoms with Crippen LogP contribution in [0.5, 0.6) is 0 Å². The Balaban J connectivity index is 1.70. The minimum absolute atomic E-state index is 0.0112. The van der Waals surface area contributed by atoms with Crippen molar-refractivity contribution in [3.05, 3.63) is 35.9 Å². The number of carbonyl (C=O) groups is 2. The second-order valence-electron chi connectivity index (χ2n) is 6.59. The number of morpholine rings is 1. The van der Waals surface area contributed by atoms with E-state index in [1.165, 1.54) is 0 Å². The van der Waals surface area contributed by atoms with E-state index in [0.29, 0.717) is 26.2 Å². The van der Waals surface area contributed by atoms with Crippen molar-refractivity contribution in [1.82, 2.24) is 9.80 Å². The Morgan fingerprint density at radius 2 is 2.04 bits per heavy atom. The molecule has 3 rings (SSSR count). The van der Waals surface area contributed by atoms with E-state index in [1.807, 2.05) is 30.3 Å². The zero-order chi connectivity index (χ0) is 17.0. The van der Waals surface area contributed by atoms with E-state index < -0.39 is 5.41 Å². The van der Waals surface area contributed by atoms with Gasteiger partial charge in [0.1, 0.15) is 6.61 Å². The van der Waals surface area contributed by atoms with Crippen molar-refractivity contribution in [2.75, 3.05) is 46.0 Å². The van der Waals surface area contributed by atoms with Gasteiger partial charge in [-0.1, -0.05) is 30.3 Å². The summed E-state index contributed by atoms with van der Waals surface area (Å²) < 4.78 is 5.10. The SMILES string of the molecule is O=C1COCCN1CC(=O)N1CCCC(CO)(c2ccccc2)C1. The van der Waals surface area contributed by atoms with E-state index in [4.69, 9.17) is 4.74 Å². The normalized spacial score (nSPS) is 25.0. The lowest BCUT2D eigenvalue weighted by molar-refractivity contribution is -0.149. The van der Waals surface area contributed by atoms with Gasteiger partial charge in [0, 0.05) is 25.0 Å². The molecule has 2 aliphatic rings. The number of amides is 2. The summed E-state index contributed by atoms with van der Waals surface area (Å²) in [5, 5.41) is 10.0.